The molecular formula is C6H4K2O4. The second-order valence-corrected chi connectivity index (χ2v) is 1.36. The summed E-state index contributed by atoms with van der Waals surface area (Å²) in [7, 11) is 0. The molecular weight excluding hydrogens is 214 g/mol. The number of aliphatic carboxylic acids is 2. The van der Waals surface area contributed by atoms with Crippen LogP contribution in [-0.2, 0) is 9.59 Å². The van der Waals surface area contributed by atoms with Gasteiger partial charge in [-0.1, -0.05) is 12.2 Å². The van der Waals surface area contributed by atoms with Gasteiger partial charge < -0.3 is 19.8 Å². The SMILES string of the molecule is O=C([O-])/C=C/C=C/C(=O)[O-].[K+].[K+]. The Kier molecular flexibility index (Phi) is 20.4. The summed E-state index contributed by atoms with van der Waals surface area (Å²) in [6.07, 6.45) is 3.48. The van der Waals surface area contributed by atoms with Crippen LogP contribution in [0.25, 0.3) is 0 Å². The van der Waals surface area contributed by atoms with Crippen LogP contribution < -0.4 is 113 Å². The van der Waals surface area contributed by atoms with Gasteiger partial charge in [0.15, 0.2) is 0 Å². The van der Waals surface area contributed by atoms with Gasteiger partial charge in [-0.15, -0.1) is 0 Å². The van der Waals surface area contributed by atoms with E-state index in [2.05, 4.69) is 0 Å². The van der Waals surface area contributed by atoms with Crippen LogP contribution in [0.5, 0.6) is 0 Å². The zero-order chi connectivity index (χ0) is 7.98. The molecule has 0 aliphatic heterocycles. The number of allylic oxidation sites excluding steroid dienone is 2. The molecule has 0 fully saturated rings. The van der Waals surface area contributed by atoms with Gasteiger partial charge in [0, 0.05) is 0 Å². The molecule has 12 heavy (non-hydrogen) atoms. The normalized spacial score (nSPS) is 9.00. The van der Waals surface area contributed by atoms with Crippen LogP contribution >= 0.6 is 0 Å². The second kappa shape index (κ2) is 12.7. The summed E-state index contributed by atoms with van der Waals surface area (Å²) in [6, 6.07) is 0. The van der Waals surface area contributed by atoms with Crippen LogP contribution in [0, 0.1) is 0 Å². The maximum atomic E-state index is 9.65. The van der Waals surface area contributed by atoms with Crippen LogP contribution in [0.1, 0.15) is 0 Å². The van der Waals surface area contributed by atoms with Crippen molar-refractivity contribution in [3.8, 4) is 0 Å². The zero-order valence-electron chi connectivity index (χ0n) is 6.94. The number of carbonyl (C=O) groups is 2. The van der Waals surface area contributed by atoms with Crippen LogP contribution in [0.4, 0.5) is 0 Å². The molecule has 0 bridgehead atoms. The minimum atomic E-state index is -1.37. The van der Waals surface area contributed by atoms with Crippen molar-refractivity contribution in [3.05, 3.63) is 24.3 Å². The van der Waals surface area contributed by atoms with Gasteiger partial charge in [-0.25, -0.2) is 0 Å². The number of carboxylic acid groups (broad SMARTS) is 2. The molecule has 0 aromatic heterocycles. The summed E-state index contributed by atoms with van der Waals surface area (Å²) in [4.78, 5) is 19.3. The molecule has 0 aromatic carbocycles. The van der Waals surface area contributed by atoms with E-state index in [1.807, 2.05) is 0 Å². The van der Waals surface area contributed by atoms with Gasteiger partial charge in [0.25, 0.3) is 0 Å². The van der Waals surface area contributed by atoms with Crippen LogP contribution in [0.2, 0.25) is 0 Å². The molecule has 0 N–H and O–H groups in total. The maximum absolute atomic E-state index is 9.65. The first-order valence-electron chi connectivity index (χ1n) is 2.39. The first-order chi connectivity index (χ1) is 4.63. The quantitative estimate of drug-likeness (QED) is 0.268. The van der Waals surface area contributed by atoms with Crippen molar-refractivity contribution in [2.24, 2.45) is 0 Å². The Morgan fingerprint density at radius 2 is 1.08 bits per heavy atom. The summed E-state index contributed by atoms with van der Waals surface area (Å²) < 4.78 is 0. The smallest absolute Gasteiger partial charge is 0.545 e. The summed E-state index contributed by atoms with van der Waals surface area (Å²) in [5, 5.41) is 19.3. The van der Waals surface area contributed by atoms with Gasteiger partial charge in [-0.2, -0.15) is 0 Å². The average Bonchev–Trinajstić information content (AvgIpc) is 1.79. The summed E-state index contributed by atoms with van der Waals surface area (Å²) in [5.74, 6) is -2.74. The third-order valence-electron chi connectivity index (χ3n) is 0.576. The molecule has 0 rings (SSSR count). The van der Waals surface area contributed by atoms with Crippen LogP contribution in [0.3, 0.4) is 0 Å². The van der Waals surface area contributed by atoms with E-state index in [1.54, 1.807) is 0 Å². The fourth-order valence-electron chi connectivity index (χ4n) is 0.268. The molecule has 0 aromatic rings. The molecule has 0 saturated carbocycles. The van der Waals surface area contributed by atoms with Crippen molar-refractivity contribution in [3.63, 3.8) is 0 Å². The Morgan fingerprint density at radius 1 is 0.833 bits per heavy atom. The number of carboxylic acids is 2. The Hall–Kier alpha value is 1.69. The molecule has 0 heterocycles. The largest absolute Gasteiger partial charge is 1.00 e. The molecule has 0 unspecified atom stereocenters. The minimum Gasteiger partial charge on any atom is -0.545 e. The van der Waals surface area contributed by atoms with E-state index < -0.39 is 11.9 Å². The molecule has 0 spiro atoms. The van der Waals surface area contributed by atoms with Crippen LogP contribution in [-0.4, -0.2) is 11.9 Å². The molecule has 0 aliphatic carbocycles. The second-order valence-electron chi connectivity index (χ2n) is 1.36. The molecule has 4 nitrogen and oxygen atoms in total. The summed E-state index contributed by atoms with van der Waals surface area (Å²) >= 11 is 0. The van der Waals surface area contributed by atoms with E-state index in [9.17, 15) is 19.8 Å². The van der Waals surface area contributed by atoms with Gasteiger partial charge in [-0.3, -0.25) is 0 Å². The first-order valence-corrected chi connectivity index (χ1v) is 2.39. The number of rotatable bonds is 3. The first kappa shape index (κ1) is 19.3. The number of hydrogen-bond acceptors (Lipinski definition) is 4. The Labute approximate surface area is 155 Å². The predicted octanol–water partition coefficient (Wildman–Crippen LogP) is -8.39. The average molecular weight is 218 g/mol. The molecule has 0 aliphatic rings. The van der Waals surface area contributed by atoms with Gasteiger partial charge in [0.05, 0.1) is 11.9 Å². The number of hydrogen-bond donors (Lipinski definition) is 0. The van der Waals surface area contributed by atoms with Crippen molar-refractivity contribution >= 4 is 11.9 Å². The van der Waals surface area contributed by atoms with Gasteiger partial charge in [0.2, 0.25) is 0 Å². The minimum absolute atomic E-state index is 0. The molecule has 0 amide bonds. The number of carbonyl (C=O) groups excluding carboxylic acids is 2. The fourth-order valence-corrected chi connectivity index (χ4v) is 0.268. The van der Waals surface area contributed by atoms with Gasteiger partial charge in [-0.05, 0) is 12.2 Å². The zero-order valence-corrected chi connectivity index (χ0v) is 13.2. The van der Waals surface area contributed by atoms with Crippen molar-refractivity contribution in [2.75, 3.05) is 0 Å². The standard InChI is InChI=1S/C6H6O4.2K/c7-5(8)3-1-2-4-6(9)10;;/h1-4H,(H,7,8)(H,9,10);;/q;2*+1/p-2/b3-1+,4-2+;;. The molecule has 0 saturated heterocycles. The predicted molar refractivity (Wildman–Crippen MR) is 28.3 cm³/mol. The van der Waals surface area contributed by atoms with Crippen molar-refractivity contribution in [2.45, 2.75) is 0 Å². The molecule has 6 heteroatoms. The van der Waals surface area contributed by atoms with Crippen molar-refractivity contribution < 1.29 is 123 Å². The third-order valence-corrected chi connectivity index (χ3v) is 0.576. The Balaban J connectivity index is -0.000000405. The van der Waals surface area contributed by atoms with E-state index in [4.69, 9.17) is 0 Å². The fraction of sp³-hybridized carbons (Fsp3) is 0. The monoisotopic (exact) mass is 218 g/mol. The molecule has 0 radical (unpaired) electrons. The van der Waals surface area contributed by atoms with Crippen molar-refractivity contribution in [1.29, 1.82) is 0 Å². The van der Waals surface area contributed by atoms with Crippen LogP contribution in [0.15, 0.2) is 24.3 Å². The molecule has 54 valence electrons. The Bertz CT molecular complexity index is 176. The van der Waals surface area contributed by atoms with Crippen molar-refractivity contribution in [1.82, 2.24) is 0 Å². The Morgan fingerprint density at radius 3 is 1.25 bits per heavy atom. The van der Waals surface area contributed by atoms with Gasteiger partial charge in [0.1, 0.15) is 0 Å². The van der Waals surface area contributed by atoms with E-state index in [0.29, 0.717) is 12.2 Å². The maximum Gasteiger partial charge on any atom is 1.00 e. The van der Waals surface area contributed by atoms with E-state index in [0.717, 1.165) is 12.2 Å². The molecule has 0 atom stereocenters. The van der Waals surface area contributed by atoms with E-state index in [-0.39, 0.29) is 103 Å². The van der Waals surface area contributed by atoms with E-state index in [1.165, 1.54) is 0 Å². The van der Waals surface area contributed by atoms with Gasteiger partial charge >= 0.3 is 103 Å². The summed E-state index contributed by atoms with van der Waals surface area (Å²) in [6.45, 7) is 0. The third kappa shape index (κ3) is 17.7. The van der Waals surface area contributed by atoms with E-state index >= 15 is 0 Å². The topological polar surface area (TPSA) is 80.3 Å². The summed E-state index contributed by atoms with van der Waals surface area (Å²) in [5.41, 5.74) is 0.